The molecule has 1 aromatic heterocycles. The molecule has 0 radical (unpaired) electrons. The minimum atomic E-state index is -0.554. The van der Waals surface area contributed by atoms with Gasteiger partial charge in [0.05, 0.1) is 0 Å². The van der Waals surface area contributed by atoms with Gasteiger partial charge in [-0.1, -0.05) is 95.3 Å². The first kappa shape index (κ1) is 33.1. The number of hydrogen-bond donors (Lipinski definition) is 3. The van der Waals surface area contributed by atoms with Crippen LogP contribution in [0.3, 0.4) is 0 Å². The van der Waals surface area contributed by atoms with E-state index in [0.717, 1.165) is 37.8 Å². The lowest BCUT2D eigenvalue weighted by molar-refractivity contribution is -0.116. The lowest BCUT2D eigenvalue weighted by Gasteiger charge is -2.16. The molecular formula is C34H28BrN5O3S3. The van der Waals surface area contributed by atoms with Gasteiger partial charge in [-0.3, -0.25) is 19.7 Å². The maximum absolute atomic E-state index is 13.4. The highest BCUT2D eigenvalue weighted by Crippen LogP contribution is 2.37. The Bertz CT molecular complexity index is 1820. The fraction of sp³-hybridized carbons (Fsp3) is 0.0882. The molecule has 8 nitrogen and oxygen atoms in total. The molecule has 0 saturated carbocycles. The molecule has 12 heteroatoms. The molecular weight excluding hydrogens is 703 g/mol. The topological polar surface area (TPSA) is 113 Å². The minimum Gasteiger partial charge on any atom is -0.321 e. The lowest BCUT2D eigenvalue weighted by Crippen LogP contribution is -2.30. The largest absolute Gasteiger partial charge is 0.321 e. The van der Waals surface area contributed by atoms with Crippen molar-refractivity contribution < 1.29 is 14.4 Å². The molecule has 0 fully saturated rings. The first-order valence-corrected chi connectivity index (χ1v) is 17.5. The normalized spacial score (nSPS) is 11.8. The molecule has 0 saturated heterocycles. The number of benzene rings is 4. The van der Waals surface area contributed by atoms with Crippen molar-refractivity contribution in [3.05, 3.63) is 136 Å². The van der Waals surface area contributed by atoms with Crippen LogP contribution in [0.25, 0.3) is 6.08 Å². The molecule has 5 aromatic rings. The van der Waals surface area contributed by atoms with Crippen LogP contribution in [0.15, 0.2) is 129 Å². The summed E-state index contributed by atoms with van der Waals surface area (Å²) in [4.78, 5) is 45.0. The number of amides is 3. The molecule has 3 N–H and O–H groups in total. The second-order valence-electron chi connectivity index (χ2n) is 9.62. The first-order chi connectivity index (χ1) is 22.4. The van der Waals surface area contributed by atoms with Crippen molar-refractivity contribution in [1.82, 2.24) is 14.7 Å². The third-order valence-electron chi connectivity index (χ3n) is 6.33. The molecule has 5 rings (SSSR count). The lowest BCUT2D eigenvalue weighted by atomic mass is 10.1. The third kappa shape index (κ3) is 9.39. The molecule has 0 aliphatic heterocycles. The fourth-order valence-corrected chi connectivity index (χ4v) is 6.70. The third-order valence-corrected chi connectivity index (χ3v) is 9.60. The standard InChI is InChI=1S/C34H28BrN5O3S3/c1-2-44-34-39-33(46-40-34)38-32(43)29(23-9-5-3-6-10-23)45-27-19-17-26(18-20-27)36-31(42)28(21-22-13-15-25(35)16-14-22)37-30(41)24-11-7-4-8-12-24/h3-21,29H,2H2,1H3,(H,36,42)(H,37,41)(H,38,39,40,43)/b28-21-. The number of anilines is 2. The molecule has 1 unspecified atom stereocenters. The summed E-state index contributed by atoms with van der Waals surface area (Å²) in [6.45, 7) is 2.02. The van der Waals surface area contributed by atoms with E-state index < -0.39 is 17.1 Å². The Morgan fingerprint density at radius 3 is 2.22 bits per heavy atom. The predicted octanol–water partition coefficient (Wildman–Crippen LogP) is 8.29. The van der Waals surface area contributed by atoms with E-state index in [9.17, 15) is 14.4 Å². The first-order valence-electron chi connectivity index (χ1n) is 14.1. The Balaban J connectivity index is 1.31. The van der Waals surface area contributed by atoms with Crippen molar-refractivity contribution in [1.29, 1.82) is 0 Å². The fourth-order valence-electron chi connectivity index (χ4n) is 4.14. The summed E-state index contributed by atoms with van der Waals surface area (Å²) in [7, 11) is 0. The van der Waals surface area contributed by atoms with E-state index in [1.54, 1.807) is 42.5 Å². The number of nitrogens with zero attached hydrogens (tertiary/aromatic N) is 2. The van der Waals surface area contributed by atoms with E-state index in [1.807, 2.05) is 79.7 Å². The highest BCUT2D eigenvalue weighted by atomic mass is 79.9. The van der Waals surface area contributed by atoms with Crippen LogP contribution in [0.1, 0.15) is 33.7 Å². The van der Waals surface area contributed by atoms with E-state index in [2.05, 4.69) is 41.2 Å². The molecule has 232 valence electrons. The molecule has 1 atom stereocenters. The van der Waals surface area contributed by atoms with E-state index in [1.165, 1.54) is 23.5 Å². The van der Waals surface area contributed by atoms with Crippen molar-refractivity contribution in [3.8, 4) is 0 Å². The van der Waals surface area contributed by atoms with Crippen LogP contribution in [0.5, 0.6) is 0 Å². The molecule has 46 heavy (non-hydrogen) atoms. The maximum Gasteiger partial charge on any atom is 0.272 e. The average Bonchev–Trinajstić information content (AvgIpc) is 3.52. The smallest absolute Gasteiger partial charge is 0.272 e. The Hall–Kier alpha value is -4.23. The van der Waals surface area contributed by atoms with Crippen molar-refractivity contribution in [2.45, 2.75) is 22.2 Å². The summed E-state index contributed by atoms with van der Waals surface area (Å²) < 4.78 is 5.18. The average molecular weight is 731 g/mol. The second-order valence-corrected chi connectivity index (χ2v) is 13.7. The number of nitrogens with one attached hydrogen (secondary N) is 3. The van der Waals surface area contributed by atoms with Crippen molar-refractivity contribution in [3.63, 3.8) is 0 Å². The highest BCUT2D eigenvalue weighted by Gasteiger charge is 2.24. The van der Waals surface area contributed by atoms with Crippen molar-refractivity contribution in [2.75, 3.05) is 16.4 Å². The summed E-state index contributed by atoms with van der Waals surface area (Å²) >= 11 is 7.47. The van der Waals surface area contributed by atoms with Gasteiger partial charge in [-0.25, -0.2) is 0 Å². The zero-order chi connectivity index (χ0) is 32.3. The number of aromatic nitrogens is 2. The van der Waals surface area contributed by atoms with Gasteiger partial charge in [0.1, 0.15) is 10.9 Å². The summed E-state index contributed by atoms with van der Waals surface area (Å²) in [5.74, 6) is -0.250. The molecule has 4 aromatic carbocycles. The van der Waals surface area contributed by atoms with Gasteiger partial charge < -0.3 is 10.6 Å². The van der Waals surface area contributed by atoms with Crippen molar-refractivity contribution in [2.24, 2.45) is 0 Å². The second kappa shape index (κ2) is 16.4. The van der Waals surface area contributed by atoms with E-state index in [0.29, 0.717) is 21.5 Å². The number of hydrogen-bond acceptors (Lipinski definition) is 8. The van der Waals surface area contributed by atoms with Crippen LogP contribution in [-0.4, -0.2) is 32.8 Å². The monoisotopic (exact) mass is 729 g/mol. The van der Waals surface area contributed by atoms with Crippen LogP contribution in [0.2, 0.25) is 0 Å². The summed E-state index contributed by atoms with van der Waals surface area (Å²) in [5.41, 5.74) is 2.63. The number of carbonyl (C=O) groups excluding carboxylic acids is 3. The number of rotatable bonds is 12. The molecule has 0 spiro atoms. The van der Waals surface area contributed by atoms with E-state index >= 15 is 0 Å². The van der Waals surface area contributed by atoms with Crippen molar-refractivity contribution >= 4 is 85.6 Å². The molecule has 0 bridgehead atoms. The van der Waals surface area contributed by atoms with Gasteiger partial charge >= 0.3 is 0 Å². The minimum absolute atomic E-state index is 0.0904. The molecule has 1 heterocycles. The molecule has 0 aliphatic rings. The summed E-state index contributed by atoms with van der Waals surface area (Å²) in [5, 5.41) is 9.07. The van der Waals surface area contributed by atoms with Gasteiger partial charge in [0, 0.05) is 32.2 Å². The van der Waals surface area contributed by atoms with E-state index in [-0.39, 0.29) is 11.6 Å². The van der Waals surface area contributed by atoms with Gasteiger partial charge in [-0.2, -0.15) is 9.36 Å². The summed E-state index contributed by atoms with van der Waals surface area (Å²) in [6.07, 6.45) is 1.62. The Labute approximate surface area is 287 Å². The number of thioether (sulfide) groups is 2. The Morgan fingerprint density at radius 2 is 1.54 bits per heavy atom. The van der Waals surface area contributed by atoms with Gasteiger partial charge in [-0.15, -0.1) is 11.8 Å². The van der Waals surface area contributed by atoms with Gasteiger partial charge in [0.15, 0.2) is 0 Å². The zero-order valence-electron chi connectivity index (χ0n) is 24.5. The van der Waals surface area contributed by atoms with Crippen LogP contribution in [-0.2, 0) is 9.59 Å². The van der Waals surface area contributed by atoms with Crippen LogP contribution < -0.4 is 16.0 Å². The van der Waals surface area contributed by atoms with Crippen LogP contribution in [0.4, 0.5) is 10.8 Å². The van der Waals surface area contributed by atoms with Crippen LogP contribution >= 0.6 is 51.0 Å². The Morgan fingerprint density at radius 1 is 0.870 bits per heavy atom. The van der Waals surface area contributed by atoms with E-state index in [4.69, 9.17) is 0 Å². The number of halogens is 1. The molecule has 3 amide bonds. The maximum atomic E-state index is 13.4. The SMILES string of the molecule is CCSc1nsc(NC(=O)C(Sc2ccc(NC(=O)/C(=C/c3ccc(Br)cc3)NC(=O)c3ccccc3)cc2)c2ccccc2)n1. The predicted molar refractivity (Wildman–Crippen MR) is 191 cm³/mol. The number of carbonyl (C=O) groups is 3. The summed E-state index contributed by atoms with van der Waals surface area (Å²) in [6, 6.07) is 32.8. The quantitative estimate of drug-likeness (QED) is 0.0875. The van der Waals surface area contributed by atoms with Gasteiger partial charge in [0.2, 0.25) is 16.2 Å². The highest BCUT2D eigenvalue weighted by molar-refractivity contribution is 9.10. The van der Waals surface area contributed by atoms with Crippen LogP contribution in [0, 0.1) is 0 Å². The Kier molecular flexibility index (Phi) is 11.8. The zero-order valence-corrected chi connectivity index (χ0v) is 28.5. The van der Waals surface area contributed by atoms with Gasteiger partial charge in [0.25, 0.3) is 11.8 Å². The molecule has 0 aliphatic carbocycles. The van der Waals surface area contributed by atoms with Gasteiger partial charge in [-0.05, 0) is 71.5 Å².